The largest absolute Gasteiger partial charge is 0.501 e. The molecular formula is C17H35O4PS. The van der Waals surface area contributed by atoms with E-state index in [0.717, 1.165) is 25.2 Å². The Morgan fingerprint density at radius 3 is 1.43 bits per heavy atom. The molecule has 0 N–H and O–H groups in total. The SMILES string of the molecule is CCCCCCCCCCCCCCCCCOP1(=O)OSO1. The molecule has 1 aliphatic rings. The second kappa shape index (κ2) is 14.8. The van der Waals surface area contributed by atoms with E-state index in [-0.39, 0.29) is 0 Å². The van der Waals surface area contributed by atoms with E-state index in [4.69, 9.17) is 4.52 Å². The van der Waals surface area contributed by atoms with Gasteiger partial charge in [0.25, 0.3) is 0 Å². The number of rotatable bonds is 17. The van der Waals surface area contributed by atoms with Crippen molar-refractivity contribution in [1.29, 1.82) is 0 Å². The van der Waals surface area contributed by atoms with Crippen LogP contribution in [0.1, 0.15) is 103 Å². The molecule has 4 nitrogen and oxygen atoms in total. The highest BCUT2D eigenvalue weighted by Gasteiger charge is 2.38. The molecule has 1 aliphatic heterocycles. The van der Waals surface area contributed by atoms with Gasteiger partial charge in [0.15, 0.2) is 12.3 Å². The Balaban J connectivity index is 1.66. The van der Waals surface area contributed by atoms with E-state index in [1.54, 1.807) is 0 Å². The van der Waals surface area contributed by atoms with E-state index < -0.39 is 7.82 Å². The lowest BCUT2D eigenvalue weighted by Crippen LogP contribution is -2.01. The summed E-state index contributed by atoms with van der Waals surface area (Å²) in [5.74, 6) is 0. The first kappa shape index (κ1) is 21.5. The van der Waals surface area contributed by atoms with Crippen molar-refractivity contribution in [3.8, 4) is 0 Å². The molecule has 0 aromatic carbocycles. The van der Waals surface area contributed by atoms with Gasteiger partial charge < -0.3 is 0 Å². The maximum Gasteiger partial charge on any atom is 0.501 e. The van der Waals surface area contributed by atoms with Crippen LogP contribution in [0.5, 0.6) is 0 Å². The molecule has 0 aliphatic carbocycles. The van der Waals surface area contributed by atoms with Gasteiger partial charge in [-0.15, -0.1) is 0 Å². The third-order valence-electron chi connectivity index (χ3n) is 4.24. The van der Waals surface area contributed by atoms with Crippen molar-refractivity contribution in [3.63, 3.8) is 0 Å². The van der Waals surface area contributed by atoms with Crippen LogP contribution in [0.25, 0.3) is 0 Å². The van der Waals surface area contributed by atoms with Gasteiger partial charge in [-0.2, -0.15) is 7.94 Å². The number of phosphoric acid groups is 1. The first-order valence-corrected chi connectivity index (χ1v) is 11.7. The summed E-state index contributed by atoms with van der Waals surface area (Å²) in [4.78, 5) is 0. The van der Waals surface area contributed by atoms with Gasteiger partial charge >= 0.3 is 7.82 Å². The van der Waals surface area contributed by atoms with E-state index in [9.17, 15) is 4.57 Å². The fourth-order valence-electron chi connectivity index (χ4n) is 2.77. The van der Waals surface area contributed by atoms with Gasteiger partial charge in [-0.05, 0) is 6.42 Å². The molecule has 0 atom stereocenters. The van der Waals surface area contributed by atoms with E-state index in [0.29, 0.717) is 6.61 Å². The van der Waals surface area contributed by atoms with Crippen LogP contribution in [-0.4, -0.2) is 6.61 Å². The molecule has 138 valence electrons. The Morgan fingerprint density at radius 1 is 0.696 bits per heavy atom. The van der Waals surface area contributed by atoms with E-state index in [1.807, 2.05) is 0 Å². The van der Waals surface area contributed by atoms with E-state index in [2.05, 4.69) is 14.9 Å². The number of hydrogen-bond acceptors (Lipinski definition) is 5. The van der Waals surface area contributed by atoms with Gasteiger partial charge in [-0.25, -0.2) is 4.57 Å². The van der Waals surface area contributed by atoms with E-state index in [1.165, 1.54) is 83.5 Å². The zero-order valence-corrected chi connectivity index (χ0v) is 16.5. The molecule has 1 saturated heterocycles. The third-order valence-corrected chi connectivity index (χ3v) is 6.69. The normalized spacial score (nSPS) is 16.4. The van der Waals surface area contributed by atoms with Crippen LogP contribution in [0.15, 0.2) is 0 Å². The molecule has 0 aromatic heterocycles. The summed E-state index contributed by atoms with van der Waals surface area (Å²) in [6.45, 7) is 2.74. The van der Waals surface area contributed by atoms with Crippen LogP contribution in [0.2, 0.25) is 0 Å². The lowest BCUT2D eigenvalue weighted by atomic mass is 10.0. The first-order chi connectivity index (χ1) is 11.3. The highest BCUT2D eigenvalue weighted by atomic mass is 32.2. The van der Waals surface area contributed by atoms with Crippen LogP contribution in [0, 0.1) is 0 Å². The van der Waals surface area contributed by atoms with Gasteiger partial charge in [-0.1, -0.05) is 96.8 Å². The lowest BCUT2D eigenvalue weighted by molar-refractivity contribution is 0.190. The smallest absolute Gasteiger partial charge is 0.286 e. The van der Waals surface area contributed by atoms with Crippen LogP contribution < -0.4 is 0 Å². The minimum atomic E-state index is -3.12. The summed E-state index contributed by atoms with van der Waals surface area (Å²) in [6.07, 6.45) is 20.0. The predicted octanol–water partition coefficient (Wildman–Crippen LogP) is 7.59. The first-order valence-electron chi connectivity index (χ1n) is 9.56. The number of unbranched alkanes of at least 4 members (excludes halogenated alkanes) is 14. The molecule has 23 heavy (non-hydrogen) atoms. The topological polar surface area (TPSA) is 44.8 Å². The van der Waals surface area contributed by atoms with Crippen LogP contribution in [-0.2, 0) is 17.0 Å². The summed E-state index contributed by atoms with van der Waals surface area (Å²) < 4.78 is 25.7. The van der Waals surface area contributed by atoms with E-state index >= 15 is 0 Å². The Hall–Kier alpha value is 0.460. The summed E-state index contributed by atoms with van der Waals surface area (Å²) in [7, 11) is -3.12. The van der Waals surface area contributed by atoms with Crippen molar-refractivity contribution in [2.24, 2.45) is 0 Å². The lowest BCUT2D eigenvalue weighted by Gasteiger charge is -2.21. The maximum absolute atomic E-state index is 11.3. The highest BCUT2D eigenvalue weighted by molar-refractivity contribution is 8.02. The molecule has 0 amide bonds. The van der Waals surface area contributed by atoms with Gasteiger partial charge in [-0.3, -0.25) is 4.52 Å². The van der Waals surface area contributed by atoms with Crippen molar-refractivity contribution >= 4 is 20.1 Å². The third kappa shape index (κ3) is 12.5. The van der Waals surface area contributed by atoms with Crippen LogP contribution >= 0.6 is 20.1 Å². The average Bonchev–Trinajstić information content (AvgIpc) is 2.53. The van der Waals surface area contributed by atoms with Crippen molar-refractivity contribution < 1.29 is 17.0 Å². The second-order valence-electron chi connectivity index (χ2n) is 6.45. The summed E-state index contributed by atoms with van der Waals surface area (Å²) in [6, 6.07) is 0. The monoisotopic (exact) mass is 366 g/mol. The quantitative estimate of drug-likeness (QED) is 0.151. The van der Waals surface area contributed by atoms with Gasteiger partial charge in [0.1, 0.15) is 0 Å². The van der Waals surface area contributed by atoms with Crippen molar-refractivity contribution in [2.45, 2.75) is 103 Å². The molecule has 1 heterocycles. The van der Waals surface area contributed by atoms with Crippen molar-refractivity contribution in [1.82, 2.24) is 0 Å². The summed E-state index contributed by atoms with van der Waals surface area (Å²) >= 11 is 0.744. The molecule has 0 saturated carbocycles. The van der Waals surface area contributed by atoms with Crippen molar-refractivity contribution in [2.75, 3.05) is 6.61 Å². The van der Waals surface area contributed by atoms with Gasteiger partial charge in [0.05, 0.1) is 6.61 Å². The second-order valence-corrected chi connectivity index (χ2v) is 8.93. The molecule has 0 bridgehead atoms. The maximum atomic E-state index is 11.3. The standard InChI is InChI=1S/C17H35O4PS/c1-2-3-4-5-6-7-8-9-10-11-12-13-14-15-16-17-19-22(18)20-23-21-22/h2-17H2,1H3. The average molecular weight is 367 g/mol. The molecule has 0 spiro atoms. The molecule has 0 unspecified atom stereocenters. The van der Waals surface area contributed by atoms with Crippen LogP contribution in [0.3, 0.4) is 0 Å². The minimum absolute atomic E-state index is 0.468. The van der Waals surface area contributed by atoms with Gasteiger partial charge in [0.2, 0.25) is 0 Å². The fraction of sp³-hybridized carbons (Fsp3) is 1.00. The summed E-state index contributed by atoms with van der Waals surface area (Å²) in [5.41, 5.74) is 0. The van der Waals surface area contributed by atoms with Gasteiger partial charge in [0, 0.05) is 0 Å². The molecule has 6 heteroatoms. The Morgan fingerprint density at radius 2 is 1.09 bits per heavy atom. The zero-order valence-electron chi connectivity index (χ0n) is 14.8. The predicted molar refractivity (Wildman–Crippen MR) is 98.2 cm³/mol. The Kier molecular flexibility index (Phi) is 13.8. The molecule has 1 fully saturated rings. The molecule has 0 aromatic rings. The fourth-order valence-corrected chi connectivity index (χ4v) is 4.11. The zero-order chi connectivity index (χ0) is 16.6. The number of hydrogen-bond donors (Lipinski definition) is 0. The highest BCUT2D eigenvalue weighted by Crippen LogP contribution is 2.65. The molecule has 1 rings (SSSR count). The molecular weight excluding hydrogens is 331 g/mol. The molecule has 0 radical (unpaired) electrons. The minimum Gasteiger partial charge on any atom is -0.286 e. The summed E-state index contributed by atoms with van der Waals surface area (Å²) in [5, 5.41) is 0. The van der Waals surface area contributed by atoms with Crippen LogP contribution in [0.4, 0.5) is 0 Å². The Bertz CT molecular complexity index is 307. The Labute approximate surface area is 147 Å². The van der Waals surface area contributed by atoms with Crippen molar-refractivity contribution in [3.05, 3.63) is 0 Å².